The molecule has 1 aromatic carbocycles. The van der Waals surface area contributed by atoms with E-state index in [1.165, 1.54) is 0 Å². The molecule has 0 atom stereocenters. The van der Waals surface area contributed by atoms with Crippen LogP contribution in [-0.4, -0.2) is 19.7 Å². The van der Waals surface area contributed by atoms with Gasteiger partial charge in [-0.05, 0) is 18.2 Å². The van der Waals surface area contributed by atoms with Gasteiger partial charge in [-0.15, -0.1) is 0 Å². The fourth-order valence-electron chi connectivity index (χ4n) is 1.67. The highest BCUT2D eigenvalue weighted by molar-refractivity contribution is 6.34. The molecule has 0 saturated carbocycles. The van der Waals surface area contributed by atoms with Crippen LogP contribution in [0.1, 0.15) is 5.82 Å². The zero-order valence-electron chi connectivity index (χ0n) is 8.39. The number of hydrogen-bond acceptors (Lipinski definition) is 2. The van der Waals surface area contributed by atoms with E-state index in [4.69, 9.17) is 11.6 Å². The lowest BCUT2D eigenvalue weighted by Crippen LogP contribution is -2.01. The zero-order valence-corrected chi connectivity index (χ0v) is 9.15. The van der Waals surface area contributed by atoms with Gasteiger partial charge in [0.2, 0.25) is 0 Å². The van der Waals surface area contributed by atoms with Crippen LogP contribution in [0.25, 0.3) is 11.0 Å². The van der Waals surface area contributed by atoms with Gasteiger partial charge < -0.3 is 4.98 Å². The van der Waals surface area contributed by atoms with Crippen LogP contribution in [0, 0.1) is 0 Å². The molecule has 0 fully saturated rings. The number of halogens is 1. The van der Waals surface area contributed by atoms with Crippen molar-refractivity contribution in [3.8, 4) is 0 Å². The summed E-state index contributed by atoms with van der Waals surface area (Å²) in [4.78, 5) is 7.66. The Morgan fingerprint density at radius 1 is 1.31 bits per heavy atom. The van der Waals surface area contributed by atoms with Gasteiger partial charge in [-0.1, -0.05) is 17.7 Å². The number of hydrogen-bond donors (Lipinski definition) is 1. The van der Waals surface area contributed by atoms with E-state index in [9.17, 15) is 0 Å². The molecule has 3 rings (SSSR count). The molecule has 16 heavy (non-hydrogen) atoms. The van der Waals surface area contributed by atoms with Crippen LogP contribution in [0.4, 0.5) is 0 Å². The zero-order chi connectivity index (χ0) is 11.0. The molecule has 0 unspecified atom stereocenters. The molecule has 80 valence electrons. The Bertz CT molecular complexity index is 612. The number of benzene rings is 1. The number of aromatic nitrogens is 4. The topological polar surface area (TPSA) is 46.5 Å². The van der Waals surface area contributed by atoms with E-state index in [0.29, 0.717) is 11.6 Å². The predicted molar refractivity (Wildman–Crippen MR) is 62.4 cm³/mol. The summed E-state index contributed by atoms with van der Waals surface area (Å²) in [5, 5.41) is 4.79. The number of para-hydroxylation sites is 1. The molecular formula is C11H9ClN4. The molecule has 1 N–H and O–H groups in total. The number of nitrogens with zero attached hydrogens (tertiary/aromatic N) is 3. The summed E-state index contributed by atoms with van der Waals surface area (Å²) in [5.74, 6) is 0.854. The van der Waals surface area contributed by atoms with Crippen molar-refractivity contribution in [2.45, 2.75) is 6.54 Å². The third-order valence-corrected chi connectivity index (χ3v) is 2.69. The van der Waals surface area contributed by atoms with Gasteiger partial charge in [-0.2, -0.15) is 5.10 Å². The van der Waals surface area contributed by atoms with Crippen LogP contribution in [0.3, 0.4) is 0 Å². The molecule has 4 nitrogen and oxygen atoms in total. The summed E-state index contributed by atoms with van der Waals surface area (Å²) >= 11 is 6.05. The summed E-state index contributed by atoms with van der Waals surface area (Å²) in [6.07, 6.45) is 3.64. The number of imidazole rings is 1. The molecule has 0 aliphatic heterocycles. The van der Waals surface area contributed by atoms with Crippen molar-refractivity contribution < 1.29 is 0 Å². The van der Waals surface area contributed by atoms with Crippen LogP contribution in [0.15, 0.2) is 36.7 Å². The average molecular weight is 233 g/mol. The summed E-state index contributed by atoms with van der Waals surface area (Å²) < 4.78 is 1.81. The Hall–Kier alpha value is -1.81. The molecule has 0 amide bonds. The van der Waals surface area contributed by atoms with Gasteiger partial charge in [0.15, 0.2) is 0 Å². The lowest BCUT2D eigenvalue weighted by atomic mass is 10.3. The molecule has 2 aromatic heterocycles. The third kappa shape index (κ3) is 1.57. The second-order valence-corrected chi connectivity index (χ2v) is 3.93. The van der Waals surface area contributed by atoms with Crippen LogP contribution >= 0.6 is 11.6 Å². The van der Waals surface area contributed by atoms with Crippen molar-refractivity contribution in [3.63, 3.8) is 0 Å². The third-order valence-electron chi connectivity index (χ3n) is 2.38. The lowest BCUT2D eigenvalue weighted by Gasteiger charge is -1.95. The summed E-state index contributed by atoms with van der Waals surface area (Å²) in [7, 11) is 0. The Labute approximate surface area is 96.9 Å². The van der Waals surface area contributed by atoms with Crippen LogP contribution in [0.5, 0.6) is 0 Å². The quantitative estimate of drug-likeness (QED) is 0.738. The van der Waals surface area contributed by atoms with E-state index in [2.05, 4.69) is 15.1 Å². The van der Waals surface area contributed by atoms with E-state index >= 15 is 0 Å². The van der Waals surface area contributed by atoms with E-state index in [1.807, 2.05) is 35.1 Å². The van der Waals surface area contributed by atoms with Crippen molar-refractivity contribution in [3.05, 3.63) is 47.5 Å². The first-order chi connectivity index (χ1) is 7.83. The Morgan fingerprint density at radius 2 is 2.25 bits per heavy atom. The van der Waals surface area contributed by atoms with Gasteiger partial charge >= 0.3 is 0 Å². The van der Waals surface area contributed by atoms with Gasteiger partial charge in [0, 0.05) is 12.4 Å². The molecule has 0 aliphatic rings. The molecule has 0 spiro atoms. The number of aromatic amines is 1. The Kier molecular flexibility index (Phi) is 2.15. The molecule has 0 bridgehead atoms. The van der Waals surface area contributed by atoms with Gasteiger partial charge in [-0.25, -0.2) is 4.98 Å². The van der Waals surface area contributed by atoms with Crippen molar-refractivity contribution >= 4 is 22.6 Å². The van der Waals surface area contributed by atoms with Crippen molar-refractivity contribution in [1.82, 2.24) is 19.7 Å². The summed E-state index contributed by atoms with van der Waals surface area (Å²) in [5.41, 5.74) is 1.76. The highest BCUT2D eigenvalue weighted by Crippen LogP contribution is 2.20. The minimum atomic E-state index is 0.623. The van der Waals surface area contributed by atoms with Crippen LogP contribution in [-0.2, 0) is 6.54 Å². The minimum Gasteiger partial charge on any atom is -0.340 e. The maximum absolute atomic E-state index is 6.05. The number of rotatable bonds is 2. The number of fused-ring (bicyclic) bond motifs is 1. The largest absolute Gasteiger partial charge is 0.340 e. The fraction of sp³-hybridized carbons (Fsp3) is 0.0909. The van der Waals surface area contributed by atoms with Crippen molar-refractivity contribution in [1.29, 1.82) is 0 Å². The average Bonchev–Trinajstić information content (AvgIpc) is 2.88. The first-order valence-electron chi connectivity index (χ1n) is 4.93. The SMILES string of the molecule is Clc1cccc2[nH]c(Cn3cccn3)nc12. The molecule has 3 aromatic rings. The van der Waals surface area contributed by atoms with Crippen molar-refractivity contribution in [2.24, 2.45) is 0 Å². The lowest BCUT2D eigenvalue weighted by molar-refractivity contribution is 0.663. The van der Waals surface area contributed by atoms with E-state index in [0.717, 1.165) is 16.9 Å². The fourth-order valence-corrected chi connectivity index (χ4v) is 1.89. The monoisotopic (exact) mass is 232 g/mol. The summed E-state index contributed by atoms with van der Waals surface area (Å²) in [6, 6.07) is 7.58. The van der Waals surface area contributed by atoms with E-state index < -0.39 is 0 Å². The molecule has 0 saturated heterocycles. The highest BCUT2D eigenvalue weighted by atomic mass is 35.5. The second-order valence-electron chi connectivity index (χ2n) is 3.52. The maximum atomic E-state index is 6.05. The molecule has 5 heteroatoms. The molecule has 0 radical (unpaired) electrons. The molecule has 2 heterocycles. The Morgan fingerprint density at radius 3 is 3.00 bits per heavy atom. The predicted octanol–water partition coefficient (Wildman–Crippen LogP) is 2.46. The molecular weight excluding hydrogens is 224 g/mol. The smallest absolute Gasteiger partial charge is 0.129 e. The Balaban J connectivity index is 2.02. The first-order valence-corrected chi connectivity index (χ1v) is 5.31. The normalized spacial score (nSPS) is 11.1. The van der Waals surface area contributed by atoms with Crippen LogP contribution in [0.2, 0.25) is 5.02 Å². The standard InChI is InChI=1S/C11H9ClN4/c12-8-3-1-4-9-11(8)15-10(14-9)7-16-6-2-5-13-16/h1-6H,7H2,(H,14,15). The number of H-pyrrole nitrogens is 1. The van der Waals surface area contributed by atoms with Crippen LogP contribution < -0.4 is 0 Å². The van der Waals surface area contributed by atoms with Crippen molar-refractivity contribution in [2.75, 3.05) is 0 Å². The molecule has 0 aliphatic carbocycles. The minimum absolute atomic E-state index is 0.623. The van der Waals surface area contributed by atoms with Gasteiger partial charge in [0.05, 0.1) is 17.1 Å². The first kappa shape index (κ1) is 9.42. The number of nitrogens with one attached hydrogen (secondary N) is 1. The van der Waals surface area contributed by atoms with Gasteiger partial charge in [0.1, 0.15) is 11.3 Å². The maximum Gasteiger partial charge on any atom is 0.129 e. The summed E-state index contributed by atoms with van der Waals surface area (Å²) in [6.45, 7) is 0.623. The van der Waals surface area contributed by atoms with E-state index in [1.54, 1.807) is 6.20 Å². The van der Waals surface area contributed by atoms with Gasteiger partial charge in [0.25, 0.3) is 0 Å². The second kappa shape index (κ2) is 3.64. The van der Waals surface area contributed by atoms with Gasteiger partial charge in [-0.3, -0.25) is 4.68 Å². The van der Waals surface area contributed by atoms with E-state index in [-0.39, 0.29) is 0 Å². The highest BCUT2D eigenvalue weighted by Gasteiger charge is 2.05.